The highest BCUT2D eigenvalue weighted by atomic mass is 19.4. The highest BCUT2D eigenvalue weighted by molar-refractivity contribution is 5.92. The third-order valence-corrected chi connectivity index (χ3v) is 7.03. The fraction of sp³-hybridized carbons (Fsp3) is 0.310. The molecular weight excluding hydrogens is 526 g/mol. The number of anilines is 1. The number of ether oxygens (including phenoxy) is 1. The van der Waals surface area contributed by atoms with E-state index in [1.54, 1.807) is 18.5 Å². The Morgan fingerprint density at radius 2 is 1.80 bits per heavy atom. The molecule has 0 spiro atoms. The van der Waals surface area contributed by atoms with E-state index in [-0.39, 0.29) is 23.5 Å². The summed E-state index contributed by atoms with van der Waals surface area (Å²) in [6.07, 6.45) is -1.20. The lowest BCUT2D eigenvalue weighted by Gasteiger charge is -2.34. The van der Waals surface area contributed by atoms with Crippen LogP contribution in [-0.2, 0) is 17.5 Å². The second-order valence-electron chi connectivity index (χ2n) is 9.70. The van der Waals surface area contributed by atoms with E-state index in [4.69, 9.17) is 4.74 Å². The Labute approximate surface area is 228 Å². The van der Waals surface area contributed by atoms with E-state index in [9.17, 15) is 22.4 Å². The molecular formula is C29H29F4N5O2. The van der Waals surface area contributed by atoms with Gasteiger partial charge in [0.05, 0.1) is 5.56 Å². The number of nitrogens with zero attached hydrogens (tertiary/aromatic N) is 3. The maximum absolute atomic E-state index is 14.7. The van der Waals surface area contributed by atoms with Gasteiger partial charge in [0.2, 0.25) is 0 Å². The number of carbonyl (C=O) groups is 1. The van der Waals surface area contributed by atoms with Crippen molar-refractivity contribution < 1.29 is 27.1 Å². The Balaban J connectivity index is 1.21. The zero-order chi connectivity index (χ0) is 28.3. The van der Waals surface area contributed by atoms with Gasteiger partial charge >= 0.3 is 6.18 Å². The van der Waals surface area contributed by atoms with Crippen LogP contribution in [0, 0.1) is 5.82 Å². The van der Waals surface area contributed by atoms with Gasteiger partial charge in [-0.3, -0.25) is 9.69 Å². The zero-order valence-electron chi connectivity index (χ0n) is 21.9. The monoisotopic (exact) mass is 555 g/mol. The van der Waals surface area contributed by atoms with Crippen LogP contribution in [0.15, 0.2) is 60.9 Å². The van der Waals surface area contributed by atoms with E-state index in [1.165, 1.54) is 24.3 Å². The summed E-state index contributed by atoms with van der Waals surface area (Å²) >= 11 is 0. The number of alkyl halides is 3. The number of hydrogen-bond acceptors (Lipinski definition) is 5. The molecule has 0 radical (unpaired) electrons. The third-order valence-electron chi connectivity index (χ3n) is 7.03. The van der Waals surface area contributed by atoms with Crippen LogP contribution in [0.4, 0.5) is 23.2 Å². The number of halogens is 4. The predicted octanol–water partition coefficient (Wildman–Crippen LogP) is 5.54. The molecule has 2 aromatic heterocycles. The molecule has 1 saturated heterocycles. The summed E-state index contributed by atoms with van der Waals surface area (Å²) in [4.78, 5) is 24.0. The van der Waals surface area contributed by atoms with Crippen LogP contribution in [0.3, 0.4) is 0 Å². The summed E-state index contributed by atoms with van der Waals surface area (Å²) in [7, 11) is 0. The van der Waals surface area contributed by atoms with Crippen LogP contribution >= 0.6 is 0 Å². The fourth-order valence-corrected chi connectivity index (χ4v) is 4.80. The van der Waals surface area contributed by atoms with E-state index in [1.807, 2.05) is 17.0 Å². The van der Waals surface area contributed by atoms with Crippen LogP contribution in [0.25, 0.3) is 22.2 Å². The number of amides is 1. The Bertz CT molecular complexity index is 1500. The van der Waals surface area contributed by atoms with Crippen LogP contribution in [-0.4, -0.2) is 65.0 Å². The Hall–Kier alpha value is -3.96. The minimum absolute atomic E-state index is 0.0102. The first kappa shape index (κ1) is 27.6. The van der Waals surface area contributed by atoms with Gasteiger partial charge in [-0.05, 0) is 54.1 Å². The molecule has 0 aliphatic carbocycles. The number of benzene rings is 2. The minimum Gasteiger partial charge on any atom is -0.481 e. The molecule has 1 aliphatic rings. The summed E-state index contributed by atoms with van der Waals surface area (Å²) in [6, 6.07) is 11.8. The molecule has 7 nitrogen and oxygen atoms in total. The Kier molecular flexibility index (Phi) is 8.04. The number of aromatic amines is 1. The van der Waals surface area contributed by atoms with E-state index in [2.05, 4.69) is 27.1 Å². The van der Waals surface area contributed by atoms with Crippen molar-refractivity contribution in [1.82, 2.24) is 19.8 Å². The van der Waals surface area contributed by atoms with Gasteiger partial charge in [0.15, 0.2) is 18.2 Å². The molecule has 40 heavy (non-hydrogen) atoms. The molecule has 0 atom stereocenters. The summed E-state index contributed by atoms with van der Waals surface area (Å²) in [5.74, 6) is -1.53. The number of carbonyl (C=O) groups excluding carboxylic acids is 1. The maximum atomic E-state index is 14.7. The van der Waals surface area contributed by atoms with Crippen molar-refractivity contribution in [3.8, 4) is 16.9 Å². The van der Waals surface area contributed by atoms with E-state index >= 15 is 0 Å². The smallest absolute Gasteiger partial charge is 0.416 e. The molecule has 2 aromatic carbocycles. The van der Waals surface area contributed by atoms with Gasteiger partial charge in [0.1, 0.15) is 5.65 Å². The number of piperazine rings is 1. The number of fused-ring (bicyclic) bond motifs is 1. The number of aromatic nitrogens is 2. The summed E-state index contributed by atoms with van der Waals surface area (Å²) in [5, 5.41) is 3.30. The lowest BCUT2D eigenvalue weighted by molar-refractivity contribution is -0.138. The van der Waals surface area contributed by atoms with Crippen LogP contribution in [0.1, 0.15) is 18.1 Å². The Morgan fingerprint density at radius 1 is 1.02 bits per heavy atom. The SMILES string of the molecule is CCN1CCN(Cc2ccc(NC(=O)COc3ccc(-c4cnc5[nH]ccc5c4)cc3F)cc2C(F)(F)F)CC1. The van der Waals surface area contributed by atoms with Crippen molar-refractivity contribution in [3.05, 3.63) is 77.9 Å². The van der Waals surface area contributed by atoms with E-state index in [0.29, 0.717) is 24.2 Å². The van der Waals surface area contributed by atoms with Crippen molar-refractivity contribution in [2.75, 3.05) is 44.6 Å². The summed E-state index contributed by atoms with van der Waals surface area (Å²) < 4.78 is 61.6. The number of nitrogens with one attached hydrogen (secondary N) is 2. The van der Waals surface area contributed by atoms with Crippen molar-refractivity contribution in [3.63, 3.8) is 0 Å². The van der Waals surface area contributed by atoms with Gasteiger partial charge in [-0.2, -0.15) is 13.2 Å². The number of pyridine rings is 1. The molecule has 0 bridgehead atoms. The topological polar surface area (TPSA) is 73.5 Å². The lowest BCUT2D eigenvalue weighted by Crippen LogP contribution is -2.45. The number of hydrogen-bond donors (Lipinski definition) is 2. The largest absolute Gasteiger partial charge is 0.481 e. The van der Waals surface area contributed by atoms with Gasteiger partial charge in [0, 0.05) is 61.8 Å². The Morgan fingerprint density at radius 3 is 2.52 bits per heavy atom. The molecule has 210 valence electrons. The normalized spacial score (nSPS) is 14.9. The first-order chi connectivity index (χ1) is 19.2. The molecule has 11 heteroatoms. The average Bonchev–Trinajstić information content (AvgIpc) is 3.41. The lowest BCUT2D eigenvalue weighted by atomic mass is 10.0. The van der Waals surface area contributed by atoms with Gasteiger partial charge in [-0.25, -0.2) is 9.37 Å². The molecule has 5 rings (SSSR count). The molecule has 1 fully saturated rings. The predicted molar refractivity (Wildman–Crippen MR) is 144 cm³/mol. The van der Waals surface area contributed by atoms with Crippen LogP contribution in [0.2, 0.25) is 0 Å². The van der Waals surface area contributed by atoms with Crippen LogP contribution < -0.4 is 10.1 Å². The van der Waals surface area contributed by atoms with Gasteiger partial charge in [-0.1, -0.05) is 19.1 Å². The molecule has 1 amide bonds. The number of H-pyrrole nitrogens is 1. The number of likely N-dealkylation sites (N-methyl/N-ethyl adjacent to an activating group) is 1. The fourth-order valence-electron chi connectivity index (χ4n) is 4.80. The van der Waals surface area contributed by atoms with Crippen molar-refractivity contribution in [2.45, 2.75) is 19.6 Å². The van der Waals surface area contributed by atoms with Crippen molar-refractivity contribution in [1.29, 1.82) is 0 Å². The van der Waals surface area contributed by atoms with E-state index in [0.717, 1.165) is 36.7 Å². The molecule has 2 N–H and O–H groups in total. The first-order valence-corrected chi connectivity index (χ1v) is 13.0. The summed E-state index contributed by atoms with van der Waals surface area (Å²) in [6.45, 7) is 5.60. The molecule has 1 aliphatic heterocycles. The van der Waals surface area contributed by atoms with E-state index < -0.39 is 30.1 Å². The standard InChI is InChI=1S/C29H29F4N5O2/c1-2-37-9-11-38(12-10-37)17-21-3-5-23(15-24(21)29(31,32)33)36-27(39)18-40-26-6-4-19(14-25(26)30)22-13-20-7-8-34-28(20)35-16-22/h3-8,13-16H,2,9-12,17-18H2,1H3,(H,34,35)(H,36,39). The maximum Gasteiger partial charge on any atom is 0.416 e. The quantitative estimate of drug-likeness (QED) is 0.279. The second-order valence-corrected chi connectivity index (χ2v) is 9.70. The van der Waals surface area contributed by atoms with Crippen molar-refractivity contribution >= 4 is 22.6 Å². The average molecular weight is 556 g/mol. The van der Waals surface area contributed by atoms with Gasteiger partial charge in [-0.15, -0.1) is 0 Å². The molecule has 3 heterocycles. The highest BCUT2D eigenvalue weighted by Crippen LogP contribution is 2.35. The molecule has 0 saturated carbocycles. The van der Waals surface area contributed by atoms with Crippen LogP contribution in [0.5, 0.6) is 5.75 Å². The van der Waals surface area contributed by atoms with Gasteiger partial charge in [0.25, 0.3) is 5.91 Å². The first-order valence-electron chi connectivity index (χ1n) is 13.0. The summed E-state index contributed by atoms with van der Waals surface area (Å²) in [5.41, 5.74) is 1.36. The molecule has 4 aromatic rings. The minimum atomic E-state index is -4.58. The third kappa shape index (κ3) is 6.43. The van der Waals surface area contributed by atoms with Gasteiger partial charge < -0.3 is 19.9 Å². The van der Waals surface area contributed by atoms with Crippen molar-refractivity contribution in [2.24, 2.45) is 0 Å². The zero-order valence-corrected chi connectivity index (χ0v) is 21.9. The number of rotatable bonds is 8. The molecule has 0 unspecified atom stereocenters. The second kappa shape index (κ2) is 11.6. The highest BCUT2D eigenvalue weighted by Gasteiger charge is 2.34.